The number of benzene rings is 2. The fourth-order valence-corrected chi connectivity index (χ4v) is 5.09. The van der Waals surface area contributed by atoms with Crippen molar-refractivity contribution in [3.8, 4) is 22.9 Å². The molecule has 222 valence electrons. The second kappa shape index (κ2) is 16.9. The maximum absolute atomic E-state index is 9.66. The molecule has 0 atom stereocenters. The van der Waals surface area contributed by atoms with Crippen LogP contribution < -0.4 is 18.8 Å². The Hall–Kier alpha value is -4.43. The van der Waals surface area contributed by atoms with Crippen LogP contribution in [0.2, 0.25) is 0 Å². The van der Waals surface area contributed by atoms with E-state index in [-0.39, 0.29) is 0 Å². The molecule has 0 aliphatic carbocycles. The molecule has 0 saturated heterocycles. The smallest absolute Gasteiger partial charge is 0.169 e. The van der Waals surface area contributed by atoms with E-state index in [0.29, 0.717) is 5.57 Å². The Balaban J connectivity index is 1.04. The van der Waals surface area contributed by atoms with Crippen molar-refractivity contribution in [2.75, 3.05) is 25.6 Å². The lowest BCUT2D eigenvalue weighted by Crippen LogP contribution is -2.32. The topological polar surface area (TPSA) is 44.0 Å². The molecule has 4 rings (SSSR count). The molecule has 0 spiro atoms. The number of aromatic nitrogens is 2. The van der Waals surface area contributed by atoms with Crippen molar-refractivity contribution in [2.24, 2.45) is 7.05 Å². The fourth-order valence-electron chi connectivity index (χ4n) is 5.09. The van der Waals surface area contributed by atoms with E-state index in [0.717, 1.165) is 42.1 Å². The number of hydrogen-bond donors (Lipinski definition) is 0. The second-order valence-corrected chi connectivity index (χ2v) is 11.4. The molecule has 0 bridgehead atoms. The number of unbranched alkanes of at least 4 members (excludes halogenated alkanes) is 7. The summed E-state index contributed by atoms with van der Waals surface area (Å²) >= 11 is 0. The molecule has 4 aromatic rings. The van der Waals surface area contributed by atoms with Gasteiger partial charge in [-0.3, -0.25) is 0 Å². The molecule has 43 heavy (non-hydrogen) atoms. The van der Waals surface area contributed by atoms with Gasteiger partial charge in [-0.1, -0.05) is 56.4 Å². The summed E-state index contributed by atoms with van der Waals surface area (Å²) in [6.45, 7) is 1.83. The summed E-state index contributed by atoms with van der Waals surface area (Å²) in [5.74, 6) is 0.882. The summed E-state index contributed by atoms with van der Waals surface area (Å²) < 4.78 is 10.3. The Morgan fingerprint density at radius 1 is 0.721 bits per heavy atom. The lowest BCUT2D eigenvalue weighted by Gasteiger charge is -2.12. The lowest BCUT2D eigenvalue weighted by atomic mass is 10.0. The van der Waals surface area contributed by atoms with E-state index < -0.39 is 0 Å². The zero-order valence-electron chi connectivity index (χ0n) is 26.1. The van der Waals surface area contributed by atoms with E-state index >= 15 is 0 Å². The molecule has 0 aliphatic rings. The number of hydrogen-bond acceptors (Lipinski definition) is 3. The summed E-state index contributed by atoms with van der Waals surface area (Å²) in [6.07, 6.45) is 20.5. The molecule has 2 aromatic heterocycles. The summed E-state index contributed by atoms with van der Waals surface area (Å²) in [6, 6.07) is 27.1. The molecule has 0 unspecified atom stereocenters. The molecule has 2 aromatic carbocycles. The Morgan fingerprint density at radius 3 is 1.86 bits per heavy atom. The molecule has 0 amide bonds. The summed E-state index contributed by atoms with van der Waals surface area (Å²) in [7, 11) is 6.06. The van der Waals surface area contributed by atoms with Crippen LogP contribution in [-0.4, -0.2) is 20.7 Å². The van der Waals surface area contributed by atoms with Crippen LogP contribution in [0.3, 0.4) is 0 Å². The summed E-state index contributed by atoms with van der Waals surface area (Å²) in [4.78, 5) is 2.05. The third-order valence-corrected chi connectivity index (χ3v) is 7.79. The van der Waals surface area contributed by atoms with Crippen molar-refractivity contribution in [2.45, 2.75) is 57.9 Å². The van der Waals surface area contributed by atoms with Crippen LogP contribution in [0.25, 0.3) is 22.8 Å². The van der Waals surface area contributed by atoms with E-state index in [2.05, 4.69) is 64.3 Å². The third kappa shape index (κ3) is 10.4. The van der Waals surface area contributed by atoms with Crippen LogP contribution in [0, 0.1) is 11.3 Å². The largest absolute Gasteiger partial charge is 0.494 e. The number of pyridine rings is 2. The first-order chi connectivity index (χ1) is 21.0. The van der Waals surface area contributed by atoms with Crippen LogP contribution in [0.1, 0.15) is 62.5 Å². The molecule has 5 heteroatoms. The van der Waals surface area contributed by atoms with Gasteiger partial charge in [-0.25, -0.2) is 9.13 Å². The highest BCUT2D eigenvalue weighted by molar-refractivity contribution is 5.89. The van der Waals surface area contributed by atoms with Gasteiger partial charge < -0.3 is 9.64 Å². The monoisotopic (exact) mass is 574 g/mol. The van der Waals surface area contributed by atoms with E-state index in [1.165, 1.54) is 56.1 Å². The van der Waals surface area contributed by atoms with Crippen molar-refractivity contribution in [3.05, 3.63) is 109 Å². The van der Waals surface area contributed by atoms with Crippen LogP contribution in [0.15, 0.2) is 97.6 Å². The average Bonchev–Trinajstić information content (AvgIpc) is 3.04. The van der Waals surface area contributed by atoms with Gasteiger partial charge in [0.25, 0.3) is 0 Å². The van der Waals surface area contributed by atoms with Crippen LogP contribution in [-0.2, 0) is 13.6 Å². The number of nitriles is 1. The average molecular weight is 575 g/mol. The van der Waals surface area contributed by atoms with Crippen molar-refractivity contribution >= 4 is 17.3 Å². The SMILES string of the molecule is CN(C)c1ccc(/C(C#N)=C/c2ccc(OCCCCCCCCCC[n+]3ccc(-c4cc[n+](C)cc4)cc3)cc2)cc1. The first kappa shape index (κ1) is 31.5. The predicted octanol–water partition coefficient (Wildman–Crippen LogP) is 7.80. The Labute approximate surface area is 258 Å². The third-order valence-electron chi connectivity index (χ3n) is 7.79. The Bertz CT molecular complexity index is 1450. The van der Waals surface area contributed by atoms with Gasteiger partial charge in [0.2, 0.25) is 0 Å². The number of nitrogens with zero attached hydrogens (tertiary/aromatic N) is 4. The van der Waals surface area contributed by atoms with Crippen LogP contribution in [0.5, 0.6) is 5.75 Å². The van der Waals surface area contributed by atoms with Gasteiger partial charge in [0, 0.05) is 50.5 Å². The van der Waals surface area contributed by atoms with Gasteiger partial charge in [0.15, 0.2) is 24.8 Å². The van der Waals surface area contributed by atoms with E-state index in [4.69, 9.17) is 4.74 Å². The number of rotatable bonds is 16. The zero-order chi connectivity index (χ0) is 30.3. The molecule has 0 aliphatic heterocycles. The number of ether oxygens (including phenoxy) is 1. The molecule has 5 nitrogen and oxygen atoms in total. The number of allylic oxidation sites excluding steroid dienone is 1. The molecule has 0 saturated carbocycles. The normalized spacial score (nSPS) is 11.3. The van der Waals surface area contributed by atoms with Gasteiger partial charge >= 0.3 is 0 Å². The number of anilines is 1. The summed E-state index contributed by atoms with van der Waals surface area (Å²) in [5.41, 5.74) is 6.21. The van der Waals surface area contributed by atoms with Gasteiger partial charge in [-0.05, 0) is 65.4 Å². The van der Waals surface area contributed by atoms with Crippen molar-refractivity contribution in [1.29, 1.82) is 5.26 Å². The highest BCUT2D eigenvalue weighted by atomic mass is 16.5. The van der Waals surface area contributed by atoms with E-state index in [9.17, 15) is 5.26 Å². The van der Waals surface area contributed by atoms with Crippen LogP contribution in [0.4, 0.5) is 5.69 Å². The van der Waals surface area contributed by atoms with Crippen molar-refractivity contribution in [3.63, 3.8) is 0 Å². The molecule has 0 N–H and O–H groups in total. The van der Waals surface area contributed by atoms with Gasteiger partial charge in [-0.2, -0.15) is 5.26 Å². The molecular formula is C38H46N4O+2. The first-order valence-electron chi connectivity index (χ1n) is 15.6. The summed E-state index contributed by atoms with van der Waals surface area (Å²) in [5, 5.41) is 9.66. The maximum atomic E-state index is 9.66. The van der Waals surface area contributed by atoms with Crippen LogP contribution >= 0.6 is 0 Å². The minimum Gasteiger partial charge on any atom is -0.494 e. The minimum atomic E-state index is 0.654. The first-order valence-corrected chi connectivity index (χ1v) is 15.6. The molecular weight excluding hydrogens is 528 g/mol. The lowest BCUT2D eigenvalue weighted by molar-refractivity contribution is -0.697. The standard InChI is InChI=1S/C38H46N4O/c1-40(2)37-16-14-33(15-17-37)36(31-39)30-32-12-18-38(19-13-32)43-29-11-9-7-5-4-6-8-10-24-42-27-22-35(23-28-42)34-20-25-41(3)26-21-34/h12-23,25-28,30H,4-11,24,29H2,1-3H3/q+2/b36-30+. The fraction of sp³-hybridized carbons (Fsp3) is 0.342. The highest BCUT2D eigenvalue weighted by Gasteiger charge is 2.05. The maximum Gasteiger partial charge on any atom is 0.169 e. The zero-order valence-corrected chi connectivity index (χ0v) is 26.1. The van der Waals surface area contributed by atoms with Crippen molar-refractivity contribution < 1.29 is 13.9 Å². The number of aryl methyl sites for hydroxylation is 2. The second-order valence-electron chi connectivity index (χ2n) is 11.4. The Kier molecular flexibility index (Phi) is 12.4. The van der Waals surface area contributed by atoms with Gasteiger partial charge in [0.1, 0.15) is 19.3 Å². The molecule has 0 fully saturated rings. The molecule has 2 heterocycles. The highest BCUT2D eigenvalue weighted by Crippen LogP contribution is 2.22. The quantitative estimate of drug-likeness (QED) is 0.0594. The predicted molar refractivity (Wildman–Crippen MR) is 176 cm³/mol. The van der Waals surface area contributed by atoms with E-state index in [1.54, 1.807) is 0 Å². The van der Waals surface area contributed by atoms with Gasteiger partial charge in [0.05, 0.1) is 18.2 Å². The minimum absolute atomic E-state index is 0.654. The van der Waals surface area contributed by atoms with Gasteiger partial charge in [-0.15, -0.1) is 0 Å². The van der Waals surface area contributed by atoms with E-state index in [1.807, 2.05) is 80.6 Å². The Morgan fingerprint density at radius 2 is 1.28 bits per heavy atom. The van der Waals surface area contributed by atoms with Crippen molar-refractivity contribution in [1.82, 2.24) is 0 Å². The molecule has 0 radical (unpaired) electrons.